The molecule has 0 spiro atoms. The van der Waals surface area contributed by atoms with Crippen LogP contribution in [-0.4, -0.2) is 26.0 Å². The van der Waals surface area contributed by atoms with Gasteiger partial charge >= 0.3 is 5.97 Å². The van der Waals surface area contributed by atoms with E-state index in [-0.39, 0.29) is 5.69 Å². The molecular formula is C16H11N3O2. The van der Waals surface area contributed by atoms with Crippen LogP contribution in [0, 0.1) is 0 Å². The molecule has 0 saturated heterocycles. The van der Waals surface area contributed by atoms with E-state index in [9.17, 15) is 4.79 Å². The van der Waals surface area contributed by atoms with Gasteiger partial charge in [-0.25, -0.2) is 9.78 Å². The summed E-state index contributed by atoms with van der Waals surface area (Å²) < 4.78 is 0. The molecule has 0 saturated carbocycles. The number of pyridine rings is 3. The van der Waals surface area contributed by atoms with Crippen LogP contribution in [0.1, 0.15) is 10.5 Å². The molecule has 1 N–H and O–H groups in total. The number of rotatable bonds is 3. The topological polar surface area (TPSA) is 76.0 Å². The maximum Gasteiger partial charge on any atom is 0.354 e. The number of aromatic nitrogens is 3. The largest absolute Gasteiger partial charge is 0.477 e. The van der Waals surface area contributed by atoms with Gasteiger partial charge in [-0.05, 0) is 30.3 Å². The molecule has 5 heteroatoms. The van der Waals surface area contributed by atoms with Crippen molar-refractivity contribution in [3.63, 3.8) is 0 Å². The van der Waals surface area contributed by atoms with Crippen LogP contribution < -0.4 is 0 Å². The highest BCUT2D eigenvalue weighted by Gasteiger charge is 2.13. The molecule has 3 heterocycles. The number of hydrogen-bond acceptors (Lipinski definition) is 4. The number of carboxylic acids is 1. The molecule has 0 atom stereocenters. The lowest BCUT2D eigenvalue weighted by atomic mass is 10.0. The molecule has 0 radical (unpaired) electrons. The van der Waals surface area contributed by atoms with E-state index >= 15 is 0 Å². The number of aromatic carboxylic acids is 1. The van der Waals surface area contributed by atoms with Crippen molar-refractivity contribution in [3.8, 4) is 22.4 Å². The first kappa shape index (κ1) is 12.9. The highest BCUT2D eigenvalue weighted by Crippen LogP contribution is 2.29. The molecule has 0 unspecified atom stereocenters. The van der Waals surface area contributed by atoms with Gasteiger partial charge < -0.3 is 5.11 Å². The highest BCUT2D eigenvalue weighted by atomic mass is 16.4. The maximum atomic E-state index is 11.1. The monoisotopic (exact) mass is 277 g/mol. The SMILES string of the molecule is O=C(O)c1ccc(-c2cccnc2)c(-c2cccnc2)n1. The van der Waals surface area contributed by atoms with Crippen molar-refractivity contribution in [2.45, 2.75) is 0 Å². The number of hydrogen-bond donors (Lipinski definition) is 1. The van der Waals surface area contributed by atoms with Gasteiger partial charge in [0.05, 0.1) is 5.69 Å². The highest BCUT2D eigenvalue weighted by molar-refractivity contribution is 5.89. The Morgan fingerprint density at radius 1 is 0.905 bits per heavy atom. The Bertz CT molecular complexity index is 774. The second kappa shape index (κ2) is 5.50. The van der Waals surface area contributed by atoms with Gasteiger partial charge in [0.15, 0.2) is 0 Å². The van der Waals surface area contributed by atoms with E-state index in [1.54, 1.807) is 36.9 Å². The van der Waals surface area contributed by atoms with E-state index in [0.717, 1.165) is 16.7 Å². The first-order valence-electron chi connectivity index (χ1n) is 6.31. The minimum atomic E-state index is -1.06. The molecular weight excluding hydrogens is 266 g/mol. The molecule has 5 nitrogen and oxygen atoms in total. The average Bonchev–Trinajstić information content (AvgIpc) is 2.56. The quantitative estimate of drug-likeness (QED) is 0.796. The predicted molar refractivity (Wildman–Crippen MR) is 77.7 cm³/mol. The van der Waals surface area contributed by atoms with Crippen LogP contribution in [-0.2, 0) is 0 Å². The molecule has 0 amide bonds. The number of nitrogens with zero attached hydrogens (tertiary/aromatic N) is 3. The second-order valence-corrected chi connectivity index (χ2v) is 4.38. The Kier molecular flexibility index (Phi) is 3.39. The van der Waals surface area contributed by atoms with Gasteiger partial charge in [0.25, 0.3) is 0 Å². The zero-order chi connectivity index (χ0) is 14.7. The van der Waals surface area contributed by atoms with Crippen molar-refractivity contribution >= 4 is 5.97 Å². The van der Waals surface area contributed by atoms with Crippen LogP contribution in [0.15, 0.2) is 61.2 Å². The van der Waals surface area contributed by atoms with Crippen LogP contribution in [0.25, 0.3) is 22.4 Å². The van der Waals surface area contributed by atoms with Gasteiger partial charge in [-0.15, -0.1) is 0 Å². The van der Waals surface area contributed by atoms with Crippen molar-refractivity contribution in [2.75, 3.05) is 0 Å². The van der Waals surface area contributed by atoms with Crippen LogP contribution in [0.4, 0.5) is 0 Å². The summed E-state index contributed by atoms with van der Waals surface area (Å²) in [4.78, 5) is 23.6. The first-order valence-corrected chi connectivity index (χ1v) is 6.31. The molecule has 0 aliphatic heterocycles. The molecule has 3 aromatic rings. The van der Waals surface area contributed by atoms with Crippen LogP contribution >= 0.6 is 0 Å². The van der Waals surface area contributed by atoms with E-state index in [2.05, 4.69) is 15.0 Å². The van der Waals surface area contributed by atoms with Crippen molar-refractivity contribution < 1.29 is 9.90 Å². The summed E-state index contributed by atoms with van der Waals surface area (Å²) in [6.07, 6.45) is 6.73. The van der Waals surface area contributed by atoms with Crippen molar-refractivity contribution in [3.05, 3.63) is 66.9 Å². The Labute approximate surface area is 121 Å². The summed E-state index contributed by atoms with van der Waals surface area (Å²) in [7, 11) is 0. The zero-order valence-corrected chi connectivity index (χ0v) is 11.0. The molecule has 102 valence electrons. The first-order chi connectivity index (χ1) is 10.3. The summed E-state index contributed by atoms with van der Waals surface area (Å²) in [5, 5.41) is 9.13. The van der Waals surface area contributed by atoms with E-state index in [4.69, 9.17) is 5.11 Å². The third kappa shape index (κ3) is 2.62. The summed E-state index contributed by atoms with van der Waals surface area (Å²) >= 11 is 0. The fourth-order valence-electron chi connectivity index (χ4n) is 2.06. The third-order valence-electron chi connectivity index (χ3n) is 3.02. The lowest BCUT2D eigenvalue weighted by Gasteiger charge is -2.09. The summed E-state index contributed by atoms with van der Waals surface area (Å²) in [6.45, 7) is 0. The third-order valence-corrected chi connectivity index (χ3v) is 3.02. The average molecular weight is 277 g/mol. The molecule has 0 aromatic carbocycles. The zero-order valence-electron chi connectivity index (χ0n) is 11.0. The van der Waals surface area contributed by atoms with Gasteiger partial charge in [-0.3, -0.25) is 9.97 Å². The smallest absolute Gasteiger partial charge is 0.354 e. The Morgan fingerprint density at radius 3 is 2.14 bits per heavy atom. The predicted octanol–water partition coefficient (Wildman–Crippen LogP) is 2.90. The van der Waals surface area contributed by atoms with Crippen LogP contribution in [0.3, 0.4) is 0 Å². The normalized spacial score (nSPS) is 10.3. The molecule has 0 bridgehead atoms. The Balaban J connectivity index is 2.23. The minimum absolute atomic E-state index is 0.00138. The molecule has 21 heavy (non-hydrogen) atoms. The molecule has 3 aromatic heterocycles. The molecule has 0 aliphatic carbocycles. The maximum absolute atomic E-state index is 11.1. The summed E-state index contributed by atoms with van der Waals surface area (Å²) in [6, 6.07) is 10.6. The van der Waals surface area contributed by atoms with Gasteiger partial charge in [0, 0.05) is 41.5 Å². The van der Waals surface area contributed by atoms with Gasteiger partial charge in [-0.1, -0.05) is 6.07 Å². The second-order valence-electron chi connectivity index (χ2n) is 4.38. The number of carbonyl (C=O) groups is 1. The van der Waals surface area contributed by atoms with Crippen molar-refractivity contribution in [2.24, 2.45) is 0 Å². The standard InChI is InChI=1S/C16H11N3O2/c20-16(21)14-6-5-13(11-3-1-7-17-9-11)15(19-14)12-4-2-8-18-10-12/h1-10H,(H,20,21). The van der Waals surface area contributed by atoms with Gasteiger partial charge in [-0.2, -0.15) is 0 Å². The molecule has 0 aliphatic rings. The van der Waals surface area contributed by atoms with Crippen LogP contribution in [0.2, 0.25) is 0 Å². The van der Waals surface area contributed by atoms with Crippen LogP contribution in [0.5, 0.6) is 0 Å². The lowest BCUT2D eigenvalue weighted by molar-refractivity contribution is 0.0690. The lowest BCUT2D eigenvalue weighted by Crippen LogP contribution is -2.02. The van der Waals surface area contributed by atoms with Crippen molar-refractivity contribution in [1.82, 2.24) is 15.0 Å². The van der Waals surface area contributed by atoms with E-state index in [0.29, 0.717) is 5.69 Å². The summed E-state index contributed by atoms with van der Waals surface area (Å²) in [5.74, 6) is -1.06. The summed E-state index contributed by atoms with van der Waals surface area (Å²) in [5.41, 5.74) is 3.04. The molecule has 3 rings (SSSR count). The van der Waals surface area contributed by atoms with Gasteiger partial charge in [0.1, 0.15) is 5.69 Å². The molecule has 0 fully saturated rings. The van der Waals surface area contributed by atoms with E-state index < -0.39 is 5.97 Å². The van der Waals surface area contributed by atoms with Crippen molar-refractivity contribution in [1.29, 1.82) is 0 Å². The van der Waals surface area contributed by atoms with Gasteiger partial charge in [0.2, 0.25) is 0 Å². The fraction of sp³-hybridized carbons (Fsp3) is 0. The Hall–Kier alpha value is -3.08. The Morgan fingerprint density at radius 2 is 1.57 bits per heavy atom. The van der Waals surface area contributed by atoms with E-state index in [1.807, 2.05) is 18.2 Å². The number of carboxylic acid groups (broad SMARTS) is 1. The minimum Gasteiger partial charge on any atom is -0.477 e. The van der Waals surface area contributed by atoms with E-state index in [1.165, 1.54) is 6.07 Å². The fourth-order valence-corrected chi connectivity index (χ4v) is 2.06.